The summed E-state index contributed by atoms with van der Waals surface area (Å²) in [5, 5.41) is 27.3. The molecule has 11 nitrogen and oxygen atoms in total. The Morgan fingerprint density at radius 1 is 0.944 bits per heavy atom. The minimum absolute atomic E-state index is 0.0324. The number of hydrogen-bond acceptors (Lipinski definition) is 6. The molecule has 11 heteroatoms. The molecule has 0 saturated heterocycles. The Hall–Kier alpha value is -3.44. The number of aliphatic hydroxyl groups is 1. The molecule has 2 aromatic rings. The van der Waals surface area contributed by atoms with Gasteiger partial charge in [0.1, 0.15) is 24.2 Å². The van der Waals surface area contributed by atoms with Crippen LogP contribution in [0, 0.1) is 11.8 Å². The number of carbonyl (C=O) groups is 4. The number of carboxylic acids is 1. The SMILES string of the molecule is CC(C)CC(NC(=O)C(NC(=O)C(Cc1c[nH]c2ccccc12)NC(=O)C(N)CO)C(C)C)C(=O)O. The van der Waals surface area contributed by atoms with Crippen LogP contribution in [0.2, 0.25) is 0 Å². The van der Waals surface area contributed by atoms with Crippen molar-refractivity contribution in [1.82, 2.24) is 20.9 Å². The fraction of sp³-hybridized carbons (Fsp3) is 0.520. The normalized spacial score (nSPS) is 14.8. The number of rotatable bonds is 13. The summed E-state index contributed by atoms with van der Waals surface area (Å²) in [6.07, 6.45) is 2.06. The van der Waals surface area contributed by atoms with Crippen molar-refractivity contribution in [2.75, 3.05) is 6.61 Å². The molecule has 36 heavy (non-hydrogen) atoms. The highest BCUT2D eigenvalue weighted by molar-refractivity contribution is 5.95. The molecule has 0 spiro atoms. The van der Waals surface area contributed by atoms with E-state index in [0.29, 0.717) is 0 Å². The molecular formula is C25H37N5O6. The molecule has 0 aliphatic carbocycles. The van der Waals surface area contributed by atoms with Gasteiger partial charge < -0.3 is 36.9 Å². The first kappa shape index (κ1) is 28.8. The zero-order chi connectivity index (χ0) is 27.0. The van der Waals surface area contributed by atoms with Crippen LogP contribution < -0.4 is 21.7 Å². The summed E-state index contributed by atoms with van der Waals surface area (Å²) in [5.41, 5.74) is 7.25. The van der Waals surface area contributed by atoms with Crippen molar-refractivity contribution in [2.24, 2.45) is 17.6 Å². The quantitative estimate of drug-likeness (QED) is 0.204. The number of H-pyrrole nitrogens is 1. The van der Waals surface area contributed by atoms with Crippen LogP contribution >= 0.6 is 0 Å². The smallest absolute Gasteiger partial charge is 0.326 e. The van der Waals surface area contributed by atoms with Gasteiger partial charge in [-0.2, -0.15) is 0 Å². The van der Waals surface area contributed by atoms with Crippen molar-refractivity contribution < 1.29 is 29.4 Å². The highest BCUT2D eigenvalue weighted by atomic mass is 16.4. The number of hydrogen-bond donors (Lipinski definition) is 7. The summed E-state index contributed by atoms with van der Waals surface area (Å²) < 4.78 is 0. The van der Waals surface area contributed by atoms with Crippen molar-refractivity contribution in [1.29, 1.82) is 0 Å². The summed E-state index contributed by atoms with van der Waals surface area (Å²) in [5.74, 6) is -3.48. The Morgan fingerprint density at radius 2 is 1.58 bits per heavy atom. The molecule has 3 amide bonds. The lowest BCUT2D eigenvalue weighted by atomic mass is 9.99. The lowest BCUT2D eigenvalue weighted by molar-refractivity contribution is -0.143. The lowest BCUT2D eigenvalue weighted by Gasteiger charge is -2.27. The number of para-hydroxylation sites is 1. The summed E-state index contributed by atoms with van der Waals surface area (Å²) in [4.78, 5) is 53.5. The van der Waals surface area contributed by atoms with E-state index >= 15 is 0 Å². The van der Waals surface area contributed by atoms with Crippen LogP contribution in [-0.4, -0.2) is 69.7 Å². The van der Waals surface area contributed by atoms with E-state index in [0.717, 1.165) is 16.5 Å². The number of aromatic nitrogens is 1. The lowest BCUT2D eigenvalue weighted by Crippen LogP contribution is -2.59. The molecule has 4 unspecified atom stereocenters. The summed E-state index contributed by atoms with van der Waals surface area (Å²) in [7, 11) is 0. The molecule has 1 heterocycles. The second-order valence-corrected chi connectivity index (χ2v) is 9.67. The monoisotopic (exact) mass is 503 g/mol. The standard InChI is InChI=1S/C25H37N5O6/c1-13(2)9-20(25(35)36)29-24(34)21(14(3)4)30-23(33)19(28-22(32)17(26)12-31)10-15-11-27-18-8-6-5-7-16(15)18/h5-8,11,13-14,17,19-21,27,31H,9-10,12,26H2,1-4H3,(H,28,32)(H,29,34)(H,30,33)(H,35,36). The number of benzene rings is 1. The third-order valence-electron chi connectivity index (χ3n) is 5.83. The average molecular weight is 504 g/mol. The van der Waals surface area contributed by atoms with Gasteiger partial charge in [0.05, 0.1) is 6.61 Å². The van der Waals surface area contributed by atoms with Crippen LogP contribution in [-0.2, 0) is 25.6 Å². The van der Waals surface area contributed by atoms with E-state index in [1.54, 1.807) is 20.0 Å². The largest absolute Gasteiger partial charge is 0.480 e. The third kappa shape index (κ3) is 7.79. The van der Waals surface area contributed by atoms with Gasteiger partial charge in [0.2, 0.25) is 17.7 Å². The van der Waals surface area contributed by atoms with Crippen molar-refractivity contribution in [3.05, 3.63) is 36.0 Å². The van der Waals surface area contributed by atoms with Crippen LogP contribution in [0.15, 0.2) is 30.5 Å². The van der Waals surface area contributed by atoms with Crippen LogP contribution in [0.25, 0.3) is 10.9 Å². The van der Waals surface area contributed by atoms with E-state index in [-0.39, 0.29) is 24.7 Å². The Labute approximate surface area is 210 Å². The van der Waals surface area contributed by atoms with Crippen molar-refractivity contribution in [2.45, 2.75) is 64.7 Å². The van der Waals surface area contributed by atoms with Crippen LogP contribution in [0.3, 0.4) is 0 Å². The molecule has 8 N–H and O–H groups in total. The van der Waals surface area contributed by atoms with Gasteiger partial charge in [0.15, 0.2) is 0 Å². The van der Waals surface area contributed by atoms with Crippen molar-refractivity contribution >= 4 is 34.6 Å². The molecular weight excluding hydrogens is 466 g/mol. The fourth-order valence-electron chi connectivity index (χ4n) is 3.83. The minimum Gasteiger partial charge on any atom is -0.480 e. The molecule has 0 fully saturated rings. The summed E-state index contributed by atoms with van der Waals surface area (Å²) in [6, 6.07) is 3.01. The first-order valence-corrected chi connectivity index (χ1v) is 12.0. The van der Waals surface area contributed by atoms with Gasteiger partial charge in [-0.3, -0.25) is 14.4 Å². The maximum absolute atomic E-state index is 13.3. The van der Waals surface area contributed by atoms with Gasteiger partial charge in [-0.25, -0.2) is 4.79 Å². The second kappa shape index (κ2) is 13.0. The van der Waals surface area contributed by atoms with E-state index in [1.165, 1.54) is 0 Å². The van der Waals surface area contributed by atoms with E-state index in [4.69, 9.17) is 5.73 Å². The van der Waals surface area contributed by atoms with Gasteiger partial charge in [0, 0.05) is 23.5 Å². The molecule has 0 aliphatic rings. The van der Waals surface area contributed by atoms with Gasteiger partial charge in [-0.05, 0) is 29.9 Å². The van der Waals surface area contributed by atoms with E-state index in [9.17, 15) is 29.4 Å². The summed E-state index contributed by atoms with van der Waals surface area (Å²) >= 11 is 0. The second-order valence-electron chi connectivity index (χ2n) is 9.67. The van der Waals surface area contributed by atoms with E-state index in [2.05, 4.69) is 20.9 Å². The predicted molar refractivity (Wildman–Crippen MR) is 135 cm³/mol. The number of carbonyl (C=O) groups excluding carboxylic acids is 3. The maximum Gasteiger partial charge on any atom is 0.326 e. The Morgan fingerprint density at radius 3 is 2.17 bits per heavy atom. The molecule has 4 atom stereocenters. The number of aromatic amines is 1. The molecule has 198 valence electrons. The first-order chi connectivity index (χ1) is 16.9. The van der Waals surface area contributed by atoms with Gasteiger partial charge in [0.25, 0.3) is 0 Å². The predicted octanol–water partition coefficient (Wildman–Crippen LogP) is 0.271. The highest BCUT2D eigenvalue weighted by Gasteiger charge is 2.32. The molecule has 0 radical (unpaired) electrons. The zero-order valence-electron chi connectivity index (χ0n) is 21.1. The molecule has 2 rings (SSSR count). The van der Waals surface area contributed by atoms with E-state index < -0.39 is 54.5 Å². The summed E-state index contributed by atoms with van der Waals surface area (Å²) in [6.45, 7) is 6.53. The van der Waals surface area contributed by atoms with Crippen LogP contribution in [0.1, 0.15) is 39.7 Å². The van der Waals surface area contributed by atoms with Gasteiger partial charge in [-0.15, -0.1) is 0 Å². The molecule has 0 saturated carbocycles. The molecule has 1 aromatic carbocycles. The van der Waals surface area contributed by atoms with E-state index in [1.807, 2.05) is 38.1 Å². The number of aliphatic carboxylic acids is 1. The van der Waals surface area contributed by atoms with Crippen molar-refractivity contribution in [3.63, 3.8) is 0 Å². The number of carboxylic acid groups (broad SMARTS) is 1. The topological polar surface area (TPSA) is 187 Å². The Balaban J connectivity index is 2.26. The Kier molecular flexibility index (Phi) is 10.4. The molecule has 1 aromatic heterocycles. The average Bonchev–Trinajstić information content (AvgIpc) is 3.22. The molecule has 0 bridgehead atoms. The highest BCUT2D eigenvalue weighted by Crippen LogP contribution is 2.19. The third-order valence-corrected chi connectivity index (χ3v) is 5.83. The van der Waals surface area contributed by atoms with Crippen molar-refractivity contribution in [3.8, 4) is 0 Å². The Bertz CT molecular complexity index is 1070. The van der Waals surface area contributed by atoms with Gasteiger partial charge >= 0.3 is 5.97 Å². The number of fused-ring (bicyclic) bond motifs is 1. The number of aliphatic hydroxyl groups excluding tert-OH is 1. The number of amides is 3. The maximum atomic E-state index is 13.3. The van der Waals surface area contributed by atoms with Crippen LogP contribution in [0.5, 0.6) is 0 Å². The van der Waals surface area contributed by atoms with Gasteiger partial charge in [-0.1, -0.05) is 45.9 Å². The molecule has 0 aliphatic heterocycles. The van der Waals surface area contributed by atoms with Crippen LogP contribution in [0.4, 0.5) is 0 Å². The fourth-order valence-corrected chi connectivity index (χ4v) is 3.83. The number of nitrogens with one attached hydrogen (secondary N) is 4. The minimum atomic E-state index is -1.22. The number of nitrogens with two attached hydrogens (primary N) is 1. The zero-order valence-corrected chi connectivity index (χ0v) is 21.1. The first-order valence-electron chi connectivity index (χ1n) is 12.0.